The number of carbonyl (C=O) groups excluding carboxylic acids is 1. The van der Waals surface area contributed by atoms with E-state index in [1.165, 1.54) is 27.1 Å². The summed E-state index contributed by atoms with van der Waals surface area (Å²) in [6.07, 6.45) is 2.14. The van der Waals surface area contributed by atoms with Gasteiger partial charge in [-0.1, -0.05) is 68.8 Å². The number of hydrogen-bond donors (Lipinski definition) is 1. The number of ketones is 1. The number of aryl methyl sites for hydroxylation is 1. The fraction of sp³-hybridized carbons (Fsp3) is 0.320. The molecule has 0 saturated heterocycles. The first-order valence-electron chi connectivity index (χ1n) is 10.4. The Morgan fingerprint density at radius 3 is 2.69 bits per heavy atom. The number of nitrogens with zero attached hydrogens (tertiary/aromatic N) is 1. The molecule has 0 radical (unpaired) electrons. The molecule has 148 valence electrons. The molecule has 1 aliphatic heterocycles. The van der Waals surface area contributed by atoms with Gasteiger partial charge in [-0.25, -0.2) is 0 Å². The van der Waals surface area contributed by atoms with Crippen LogP contribution >= 0.6 is 11.3 Å². The number of fused-ring (bicyclic) bond motifs is 2. The van der Waals surface area contributed by atoms with Crippen LogP contribution in [0, 0.1) is 0 Å². The predicted molar refractivity (Wildman–Crippen MR) is 120 cm³/mol. The van der Waals surface area contributed by atoms with Crippen LogP contribution in [0.2, 0.25) is 0 Å². The highest BCUT2D eigenvalue weighted by Gasteiger charge is 2.47. The summed E-state index contributed by atoms with van der Waals surface area (Å²) in [5, 5.41) is 0.677. The molecular formula is C25H26N2OS. The Morgan fingerprint density at radius 2 is 1.93 bits per heavy atom. The third kappa shape index (κ3) is 2.85. The quantitative estimate of drug-likeness (QED) is 0.656. The minimum atomic E-state index is -0.210. The molecule has 0 spiro atoms. The van der Waals surface area contributed by atoms with Gasteiger partial charge in [-0.3, -0.25) is 9.69 Å². The van der Waals surface area contributed by atoms with Gasteiger partial charge in [0.25, 0.3) is 0 Å². The second kappa shape index (κ2) is 6.82. The van der Waals surface area contributed by atoms with Crippen LogP contribution in [0.4, 0.5) is 5.00 Å². The van der Waals surface area contributed by atoms with Crippen LogP contribution in [0.3, 0.4) is 0 Å². The summed E-state index contributed by atoms with van der Waals surface area (Å²) < 4.78 is 0. The van der Waals surface area contributed by atoms with Crippen LogP contribution < -0.4 is 5.73 Å². The molecule has 29 heavy (non-hydrogen) atoms. The molecule has 4 heteroatoms. The van der Waals surface area contributed by atoms with Crippen LogP contribution in [0.1, 0.15) is 63.3 Å². The molecule has 0 fully saturated rings. The lowest BCUT2D eigenvalue weighted by Gasteiger charge is -2.44. The van der Waals surface area contributed by atoms with Crippen molar-refractivity contribution in [2.45, 2.75) is 45.2 Å². The van der Waals surface area contributed by atoms with E-state index in [9.17, 15) is 4.79 Å². The highest BCUT2D eigenvalue weighted by Crippen LogP contribution is 2.51. The minimum absolute atomic E-state index is 0.104. The van der Waals surface area contributed by atoms with E-state index in [1.807, 2.05) is 6.07 Å². The van der Waals surface area contributed by atoms with E-state index in [0.717, 1.165) is 43.6 Å². The number of rotatable bonds is 4. The molecule has 2 N–H and O–H groups in total. The number of anilines is 1. The van der Waals surface area contributed by atoms with Crippen molar-refractivity contribution in [2.24, 2.45) is 0 Å². The first-order chi connectivity index (χ1) is 14.0. The van der Waals surface area contributed by atoms with Gasteiger partial charge >= 0.3 is 0 Å². The fourth-order valence-corrected chi connectivity index (χ4v) is 6.44. The number of carbonyl (C=O) groups is 1. The number of benzene rings is 2. The van der Waals surface area contributed by atoms with Gasteiger partial charge in [0.15, 0.2) is 5.78 Å². The number of nitrogens with two attached hydrogens (primary N) is 1. The molecule has 2 heterocycles. The van der Waals surface area contributed by atoms with Crippen molar-refractivity contribution in [3.63, 3.8) is 0 Å². The number of nitrogen functional groups attached to an aromatic ring is 1. The predicted octanol–water partition coefficient (Wildman–Crippen LogP) is 5.15. The van der Waals surface area contributed by atoms with E-state index < -0.39 is 0 Å². The van der Waals surface area contributed by atoms with Crippen molar-refractivity contribution in [3.05, 3.63) is 86.8 Å². The second-order valence-electron chi connectivity index (χ2n) is 8.56. The Kier molecular flexibility index (Phi) is 4.37. The molecule has 1 atom stereocenters. The zero-order chi connectivity index (χ0) is 20.2. The average Bonchev–Trinajstić information content (AvgIpc) is 3.04. The first-order valence-corrected chi connectivity index (χ1v) is 11.2. The highest BCUT2D eigenvalue weighted by molar-refractivity contribution is 7.16. The van der Waals surface area contributed by atoms with Gasteiger partial charge in [-0.15, -0.1) is 11.3 Å². The molecule has 1 unspecified atom stereocenters. The molecule has 2 aromatic carbocycles. The standard InChI is InChI=1S/C25H26N2OS/c1-3-7-16-10-11-18-19(12-16)25(2)15-27(13-17-8-5-4-6-9-17)14-20-22(25)21(23(18)28)24(26)29-20/h4-6,8-12H,3,7,13-15,26H2,1-2H3. The Bertz CT molecular complexity index is 1100. The van der Waals surface area contributed by atoms with E-state index in [0.29, 0.717) is 5.00 Å². The van der Waals surface area contributed by atoms with Crippen molar-refractivity contribution in [1.29, 1.82) is 0 Å². The summed E-state index contributed by atoms with van der Waals surface area (Å²) in [6.45, 7) is 7.16. The zero-order valence-corrected chi connectivity index (χ0v) is 17.8. The van der Waals surface area contributed by atoms with Gasteiger partial charge in [0, 0.05) is 35.5 Å². The van der Waals surface area contributed by atoms with Crippen LogP contribution in [-0.4, -0.2) is 17.2 Å². The Morgan fingerprint density at radius 1 is 1.14 bits per heavy atom. The topological polar surface area (TPSA) is 46.3 Å². The largest absolute Gasteiger partial charge is 0.390 e. The lowest BCUT2D eigenvalue weighted by atomic mass is 9.65. The normalized spacial score (nSPS) is 20.4. The molecular weight excluding hydrogens is 376 g/mol. The minimum Gasteiger partial charge on any atom is -0.390 e. The van der Waals surface area contributed by atoms with E-state index >= 15 is 0 Å². The smallest absolute Gasteiger partial charge is 0.196 e. The summed E-state index contributed by atoms with van der Waals surface area (Å²) in [7, 11) is 0. The van der Waals surface area contributed by atoms with E-state index in [2.05, 4.69) is 61.2 Å². The van der Waals surface area contributed by atoms with Crippen molar-refractivity contribution >= 4 is 22.1 Å². The van der Waals surface area contributed by atoms with Gasteiger partial charge in [-0.2, -0.15) is 0 Å². The molecule has 3 nitrogen and oxygen atoms in total. The van der Waals surface area contributed by atoms with Crippen molar-refractivity contribution in [3.8, 4) is 0 Å². The van der Waals surface area contributed by atoms with E-state index in [4.69, 9.17) is 5.73 Å². The van der Waals surface area contributed by atoms with Crippen molar-refractivity contribution in [2.75, 3.05) is 12.3 Å². The van der Waals surface area contributed by atoms with Crippen LogP contribution in [0.5, 0.6) is 0 Å². The van der Waals surface area contributed by atoms with Gasteiger partial charge < -0.3 is 5.73 Å². The van der Waals surface area contributed by atoms with Gasteiger partial charge in [0.05, 0.1) is 10.6 Å². The molecule has 0 amide bonds. The van der Waals surface area contributed by atoms with Crippen LogP contribution in [-0.2, 0) is 24.9 Å². The average molecular weight is 403 g/mol. The fourth-order valence-electron chi connectivity index (χ4n) is 5.20. The van der Waals surface area contributed by atoms with Crippen molar-refractivity contribution < 1.29 is 4.79 Å². The molecule has 2 aliphatic rings. The maximum Gasteiger partial charge on any atom is 0.196 e. The second-order valence-corrected chi connectivity index (χ2v) is 9.70. The Balaban J connectivity index is 1.64. The third-order valence-electron chi connectivity index (χ3n) is 6.41. The van der Waals surface area contributed by atoms with E-state index in [-0.39, 0.29) is 11.2 Å². The summed E-state index contributed by atoms with van der Waals surface area (Å²) in [5.41, 5.74) is 12.8. The Hall–Kier alpha value is -2.43. The third-order valence-corrected chi connectivity index (χ3v) is 7.41. The number of hydrogen-bond acceptors (Lipinski definition) is 4. The van der Waals surface area contributed by atoms with Crippen LogP contribution in [0.15, 0.2) is 48.5 Å². The lowest BCUT2D eigenvalue weighted by Crippen LogP contribution is -2.47. The molecule has 0 saturated carbocycles. The Labute approximate surface area is 176 Å². The molecule has 5 rings (SSSR count). The maximum absolute atomic E-state index is 13.3. The number of thiophene rings is 1. The summed E-state index contributed by atoms with van der Waals surface area (Å²) in [4.78, 5) is 17.1. The molecule has 0 bridgehead atoms. The SMILES string of the molecule is CCCc1ccc2c(c1)C1(C)CN(Cc3ccccc3)Cc3sc(N)c(c31)C2=O. The first kappa shape index (κ1) is 18.6. The van der Waals surface area contributed by atoms with E-state index in [1.54, 1.807) is 11.3 Å². The summed E-state index contributed by atoms with van der Waals surface area (Å²) in [5.74, 6) is 0.104. The van der Waals surface area contributed by atoms with Crippen LogP contribution in [0.25, 0.3) is 0 Å². The van der Waals surface area contributed by atoms with Gasteiger partial charge in [0.1, 0.15) is 0 Å². The summed E-state index contributed by atoms with van der Waals surface area (Å²) >= 11 is 1.60. The lowest BCUT2D eigenvalue weighted by molar-refractivity contribution is 0.102. The highest BCUT2D eigenvalue weighted by atomic mass is 32.1. The molecule has 1 aliphatic carbocycles. The monoisotopic (exact) mass is 402 g/mol. The molecule has 3 aromatic rings. The van der Waals surface area contributed by atoms with Crippen molar-refractivity contribution in [1.82, 2.24) is 4.90 Å². The van der Waals surface area contributed by atoms with Gasteiger partial charge in [0.2, 0.25) is 0 Å². The van der Waals surface area contributed by atoms with Gasteiger partial charge in [-0.05, 0) is 28.7 Å². The maximum atomic E-state index is 13.3. The zero-order valence-electron chi connectivity index (χ0n) is 17.0. The summed E-state index contributed by atoms with van der Waals surface area (Å²) in [6, 6.07) is 17.0. The molecule has 1 aromatic heterocycles.